The number of carbonyl (C=O) groups excluding carboxylic acids is 1. The second-order valence-electron chi connectivity index (χ2n) is 4.05. The summed E-state index contributed by atoms with van der Waals surface area (Å²) in [6, 6.07) is 0. The van der Waals surface area contributed by atoms with E-state index in [9.17, 15) is 13.2 Å². The van der Waals surface area contributed by atoms with Gasteiger partial charge in [-0.25, -0.2) is 0 Å². The maximum absolute atomic E-state index is 10.9. The van der Waals surface area contributed by atoms with Gasteiger partial charge in [-0.2, -0.15) is 8.42 Å². The number of rotatable bonds is 5. The van der Waals surface area contributed by atoms with E-state index in [2.05, 4.69) is 11.9 Å². The quantitative estimate of drug-likeness (QED) is 0.565. The fourth-order valence-corrected chi connectivity index (χ4v) is 2.54. The van der Waals surface area contributed by atoms with Crippen molar-refractivity contribution in [1.29, 1.82) is 0 Å². The molecule has 0 aromatic rings. The normalized spacial score (nSPS) is 25.3. The van der Waals surface area contributed by atoms with E-state index in [4.69, 9.17) is 4.18 Å². The zero-order chi connectivity index (χ0) is 12.2. The van der Waals surface area contributed by atoms with Crippen LogP contribution in [-0.4, -0.2) is 33.2 Å². The number of carbonyl (C=O) groups is 1. The molecule has 1 amide bonds. The molecule has 0 spiro atoms. The molecule has 92 valence electrons. The first-order valence-corrected chi connectivity index (χ1v) is 7.01. The summed E-state index contributed by atoms with van der Waals surface area (Å²) < 4.78 is 26.7. The second-order valence-corrected chi connectivity index (χ2v) is 5.65. The van der Waals surface area contributed by atoms with Crippen LogP contribution in [0.3, 0.4) is 0 Å². The maximum Gasteiger partial charge on any atom is 0.264 e. The number of hydrogen-bond acceptors (Lipinski definition) is 4. The molecule has 0 aromatic heterocycles. The van der Waals surface area contributed by atoms with Gasteiger partial charge in [-0.3, -0.25) is 8.98 Å². The first kappa shape index (κ1) is 13.2. The lowest BCUT2D eigenvalue weighted by atomic mass is 10.1. The summed E-state index contributed by atoms with van der Waals surface area (Å²) in [6.45, 7) is 3.90. The van der Waals surface area contributed by atoms with Crippen LogP contribution in [0.5, 0.6) is 0 Å². The lowest BCUT2D eigenvalue weighted by Gasteiger charge is -2.11. The first-order chi connectivity index (χ1) is 7.40. The maximum atomic E-state index is 10.9. The molecule has 0 radical (unpaired) electrons. The molecule has 16 heavy (non-hydrogen) atoms. The van der Waals surface area contributed by atoms with Crippen LogP contribution >= 0.6 is 0 Å². The van der Waals surface area contributed by atoms with Crippen molar-refractivity contribution in [2.45, 2.75) is 25.4 Å². The Labute approximate surface area is 96.0 Å². The van der Waals surface area contributed by atoms with Crippen LogP contribution in [0.25, 0.3) is 0 Å². The van der Waals surface area contributed by atoms with E-state index in [0.29, 0.717) is 13.0 Å². The second kappa shape index (κ2) is 5.45. The highest BCUT2D eigenvalue weighted by atomic mass is 32.2. The summed E-state index contributed by atoms with van der Waals surface area (Å²) in [5.74, 6) is 0.0862. The van der Waals surface area contributed by atoms with Crippen molar-refractivity contribution >= 4 is 16.0 Å². The van der Waals surface area contributed by atoms with Gasteiger partial charge in [0, 0.05) is 6.54 Å². The average molecular weight is 247 g/mol. The molecule has 1 N–H and O–H groups in total. The monoisotopic (exact) mass is 247 g/mol. The number of hydrogen-bond donors (Lipinski definition) is 1. The van der Waals surface area contributed by atoms with Crippen LogP contribution in [0.15, 0.2) is 12.7 Å². The summed E-state index contributed by atoms with van der Waals surface area (Å²) in [4.78, 5) is 10.9. The highest BCUT2D eigenvalue weighted by molar-refractivity contribution is 7.86. The van der Waals surface area contributed by atoms with E-state index in [1.807, 2.05) is 0 Å². The minimum atomic E-state index is -3.37. The zero-order valence-electron chi connectivity index (χ0n) is 9.31. The highest BCUT2D eigenvalue weighted by Crippen LogP contribution is 2.28. The lowest BCUT2D eigenvalue weighted by Crippen LogP contribution is -2.27. The van der Waals surface area contributed by atoms with Crippen LogP contribution in [0.1, 0.15) is 19.3 Å². The van der Waals surface area contributed by atoms with E-state index < -0.39 is 10.1 Å². The lowest BCUT2D eigenvalue weighted by molar-refractivity contribution is -0.116. The molecule has 0 bridgehead atoms. The van der Waals surface area contributed by atoms with E-state index in [0.717, 1.165) is 19.1 Å². The summed E-state index contributed by atoms with van der Waals surface area (Å²) in [7, 11) is -3.37. The van der Waals surface area contributed by atoms with E-state index in [1.165, 1.54) is 6.08 Å². The number of nitrogens with one attached hydrogen (secondary N) is 1. The van der Waals surface area contributed by atoms with E-state index >= 15 is 0 Å². The largest absolute Gasteiger partial charge is 0.352 e. The fraction of sp³-hybridized carbons (Fsp3) is 0.700. The molecule has 0 saturated heterocycles. The van der Waals surface area contributed by atoms with Gasteiger partial charge in [-0.15, -0.1) is 0 Å². The molecular formula is C10H17NO4S. The minimum Gasteiger partial charge on any atom is -0.352 e. The van der Waals surface area contributed by atoms with Crippen LogP contribution in [0.2, 0.25) is 0 Å². The molecule has 1 saturated carbocycles. The Hall–Kier alpha value is -0.880. The van der Waals surface area contributed by atoms with Crippen LogP contribution < -0.4 is 5.32 Å². The average Bonchev–Trinajstić information content (AvgIpc) is 2.59. The summed E-state index contributed by atoms with van der Waals surface area (Å²) in [5.41, 5.74) is 0. The minimum absolute atomic E-state index is 0.201. The molecule has 5 nitrogen and oxygen atoms in total. The molecule has 1 aliphatic rings. The smallest absolute Gasteiger partial charge is 0.264 e. The van der Waals surface area contributed by atoms with Gasteiger partial charge in [0.15, 0.2) is 0 Å². The highest BCUT2D eigenvalue weighted by Gasteiger charge is 2.27. The van der Waals surface area contributed by atoms with Gasteiger partial charge in [0.25, 0.3) is 10.1 Å². The molecule has 0 aliphatic heterocycles. The van der Waals surface area contributed by atoms with Gasteiger partial charge < -0.3 is 5.32 Å². The van der Waals surface area contributed by atoms with Gasteiger partial charge >= 0.3 is 0 Å². The number of amides is 1. The SMILES string of the molecule is C=CC(=O)NCC1CCC(OS(C)(=O)=O)C1. The molecule has 2 unspecified atom stereocenters. The van der Waals surface area contributed by atoms with Crippen molar-refractivity contribution in [2.75, 3.05) is 12.8 Å². The van der Waals surface area contributed by atoms with Crippen LogP contribution in [0, 0.1) is 5.92 Å². The molecule has 2 atom stereocenters. The van der Waals surface area contributed by atoms with Gasteiger partial charge in [0.1, 0.15) is 0 Å². The summed E-state index contributed by atoms with van der Waals surface area (Å²) in [6.07, 6.45) is 4.31. The van der Waals surface area contributed by atoms with Crippen LogP contribution in [-0.2, 0) is 19.1 Å². The van der Waals surface area contributed by atoms with Crippen molar-refractivity contribution < 1.29 is 17.4 Å². The van der Waals surface area contributed by atoms with Crippen molar-refractivity contribution in [2.24, 2.45) is 5.92 Å². The fourth-order valence-electron chi connectivity index (χ4n) is 1.87. The molecule has 1 aliphatic carbocycles. The van der Waals surface area contributed by atoms with E-state index in [-0.39, 0.29) is 17.9 Å². The first-order valence-electron chi connectivity index (χ1n) is 5.19. The third-order valence-electron chi connectivity index (χ3n) is 2.55. The molecular weight excluding hydrogens is 230 g/mol. The Kier molecular flexibility index (Phi) is 4.49. The van der Waals surface area contributed by atoms with Gasteiger partial charge in [-0.05, 0) is 31.3 Å². The summed E-state index contributed by atoms with van der Waals surface area (Å²) >= 11 is 0. The van der Waals surface area contributed by atoms with Gasteiger partial charge in [0.05, 0.1) is 12.4 Å². The van der Waals surface area contributed by atoms with Crippen molar-refractivity contribution in [1.82, 2.24) is 5.32 Å². The Morgan fingerprint density at radius 3 is 2.81 bits per heavy atom. The van der Waals surface area contributed by atoms with Crippen molar-refractivity contribution in [3.05, 3.63) is 12.7 Å². The van der Waals surface area contributed by atoms with Crippen molar-refractivity contribution in [3.8, 4) is 0 Å². The molecule has 0 aromatic carbocycles. The Balaban J connectivity index is 2.30. The predicted molar refractivity (Wildman–Crippen MR) is 60.3 cm³/mol. The Morgan fingerprint density at radius 2 is 2.25 bits per heavy atom. The predicted octanol–water partition coefficient (Wildman–Crippen LogP) is 0.433. The van der Waals surface area contributed by atoms with Crippen molar-refractivity contribution in [3.63, 3.8) is 0 Å². The Bertz CT molecular complexity index is 363. The standard InChI is InChI=1S/C10H17NO4S/c1-3-10(12)11-7-8-4-5-9(6-8)15-16(2,13)14/h3,8-9H,1,4-7H2,2H3,(H,11,12). The third kappa shape index (κ3) is 4.76. The molecule has 1 fully saturated rings. The van der Waals surface area contributed by atoms with Crippen LogP contribution in [0.4, 0.5) is 0 Å². The summed E-state index contributed by atoms with van der Waals surface area (Å²) in [5, 5.41) is 2.70. The van der Waals surface area contributed by atoms with Gasteiger partial charge in [-0.1, -0.05) is 6.58 Å². The zero-order valence-corrected chi connectivity index (χ0v) is 10.1. The molecule has 6 heteroatoms. The molecule has 0 heterocycles. The Morgan fingerprint density at radius 1 is 1.56 bits per heavy atom. The van der Waals surface area contributed by atoms with E-state index in [1.54, 1.807) is 0 Å². The molecule has 1 rings (SSSR count). The van der Waals surface area contributed by atoms with Gasteiger partial charge in [0.2, 0.25) is 5.91 Å². The topological polar surface area (TPSA) is 72.5 Å². The third-order valence-corrected chi connectivity index (χ3v) is 3.18.